The number of nitrogens with zero attached hydrogens (tertiary/aromatic N) is 1. The minimum Gasteiger partial charge on any atom is -0.409 e. The summed E-state index contributed by atoms with van der Waals surface area (Å²) in [5.74, 6) is -0.774. The Bertz CT molecular complexity index is 443. The molecule has 1 heterocycles. The fraction of sp³-hybridized carbons (Fsp3) is 0.538. The van der Waals surface area contributed by atoms with Gasteiger partial charge >= 0.3 is 0 Å². The molecule has 4 N–H and O–H groups in total. The summed E-state index contributed by atoms with van der Waals surface area (Å²) in [5.41, 5.74) is 5.54. The summed E-state index contributed by atoms with van der Waals surface area (Å²) in [5, 5.41) is 14.5. The van der Waals surface area contributed by atoms with Gasteiger partial charge in [-0.25, -0.2) is 0 Å². The van der Waals surface area contributed by atoms with Crippen LogP contribution in [0, 0.1) is 5.92 Å². The average molecular weight is 283 g/mol. The molecule has 0 saturated heterocycles. The van der Waals surface area contributed by atoms with Gasteiger partial charge in [0.05, 0.1) is 12.5 Å². The molecule has 0 aliphatic rings. The van der Waals surface area contributed by atoms with Gasteiger partial charge in [0.1, 0.15) is 0 Å². The van der Waals surface area contributed by atoms with Gasteiger partial charge in [-0.2, -0.15) is 0 Å². The number of carbonyl (C=O) groups is 1. The van der Waals surface area contributed by atoms with Crippen molar-refractivity contribution in [3.05, 3.63) is 21.9 Å². The van der Waals surface area contributed by atoms with Gasteiger partial charge in [0.2, 0.25) is 5.91 Å². The van der Waals surface area contributed by atoms with Crippen molar-refractivity contribution in [3.8, 4) is 0 Å². The van der Waals surface area contributed by atoms with Crippen LogP contribution in [0.3, 0.4) is 0 Å². The standard InChI is InChI=1S/C13H21N3O2S/c1-3-5-11(12(14)16-18)13(17)15-8-10-7-6-9(4-2)19-10/h6-7,11,18H,3-5,8H2,1-2H3,(H2,14,16)(H,15,17). The van der Waals surface area contributed by atoms with E-state index >= 15 is 0 Å². The third-order valence-corrected chi connectivity index (χ3v) is 4.10. The minimum atomic E-state index is -0.555. The van der Waals surface area contributed by atoms with Gasteiger partial charge in [-0.05, 0) is 25.0 Å². The van der Waals surface area contributed by atoms with Crippen molar-refractivity contribution in [1.82, 2.24) is 5.32 Å². The molecular weight excluding hydrogens is 262 g/mol. The molecule has 1 unspecified atom stereocenters. The van der Waals surface area contributed by atoms with Crippen molar-refractivity contribution in [2.75, 3.05) is 0 Å². The molecule has 0 fully saturated rings. The topological polar surface area (TPSA) is 87.7 Å². The molecule has 19 heavy (non-hydrogen) atoms. The normalized spacial score (nSPS) is 13.3. The summed E-state index contributed by atoms with van der Waals surface area (Å²) in [7, 11) is 0. The summed E-state index contributed by atoms with van der Waals surface area (Å²) in [6.07, 6.45) is 2.38. The number of hydrogen-bond acceptors (Lipinski definition) is 4. The Morgan fingerprint density at radius 2 is 2.16 bits per heavy atom. The molecule has 0 bridgehead atoms. The average Bonchev–Trinajstić information content (AvgIpc) is 2.89. The molecule has 1 aromatic rings. The molecule has 5 nitrogen and oxygen atoms in total. The molecule has 1 amide bonds. The van der Waals surface area contributed by atoms with E-state index < -0.39 is 5.92 Å². The van der Waals surface area contributed by atoms with Crippen LogP contribution < -0.4 is 11.1 Å². The number of aryl methyl sites for hydroxylation is 1. The second-order valence-electron chi connectivity index (χ2n) is 4.31. The predicted octanol–water partition coefficient (Wildman–Crippen LogP) is 2.09. The SMILES string of the molecule is CCCC(C(=O)NCc1ccc(CC)s1)/C(N)=N/O. The van der Waals surface area contributed by atoms with E-state index in [-0.39, 0.29) is 11.7 Å². The molecule has 6 heteroatoms. The fourth-order valence-corrected chi connectivity index (χ4v) is 2.67. The highest BCUT2D eigenvalue weighted by Gasteiger charge is 2.21. The monoisotopic (exact) mass is 283 g/mol. The lowest BCUT2D eigenvalue weighted by atomic mass is 10.0. The minimum absolute atomic E-state index is 0.0280. The highest BCUT2D eigenvalue weighted by molar-refractivity contribution is 7.11. The summed E-state index contributed by atoms with van der Waals surface area (Å²) >= 11 is 1.69. The zero-order valence-corrected chi connectivity index (χ0v) is 12.2. The van der Waals surface area contributed by atoms with Crippen molar-refractivity contribution >= 4 is 23.1 Å². The Morgan fingerprint density at radius 3 is 2.68 bits per heavy atom. The Morgan fingerprint density at radius 1 is 1.47 bits per heavy atom. The second-order valence-corrected chi connectivity index (χ2v) is 5.56. The Labute approximate surface area is 117 Å². The largest absolute Gasteiger partial charge is 0.409 e. The first kappa shape index (κ1) is 15.5. The number of amidine groups is 1. The van der Waals surface area contributed by atoms with Crippen molar-refractivity contribution in [1.29, 1.82) is 0 Å². The Balaban J connectivity index is 2.57. The van der Waals surface area contributed by atoms with E-state index in [9.17, 15) is 4.79 Å². The van der Waals surface area contributed by atoms with Crippen LogP contribution in [-0.2, 0) is 17.8 Å². The second kappa shape index (κ2) is 7.78. The van der Waals surface area contributed by atoms with E-state index in [1.807, 2.05) is 13.0 Å². The summed E-state index contributed by atoms with van der Waals surface area (Å²) in [6.45, 7) is 4.55. The van der Waals surface area contributed by atoms with E-state index in [1.165, 1.54) is 4.88 Å². The zero-order chi connectivity index (χ0) is 14.3. The first-order valence-corrected chi connectivity index (χ1v) is 7.26. The third kappa shape index (κ3) is 4.55. The van der Waals surface area contributed by atoms with Gasteiger partial charge in [0.25, 0.3) is 0 Å². The molecule has 1 rings (SSSR count). The molecule has 1 atom stereocenters. The highest BCUT2D eigenvalue weighted by atomic mass is 32.1. The molecule has 0 aliphatic heterocycles. The maximum Gasteiger partial charge on any atom is 0.231 e. The van der Waals surface area contributed by atoms with Crippen LogP contribution in [0.25, 0.3) is 0 Å². The first-order valence-electron chi connectivity index (χ1n) is 6.45. The van der Waals surface area contributed by atoms with E-state index in [1.54, 1.807) is 11.3 Å². The number of nitrogens with two attached hydrogens (primary N) is 1. The smallest absolute Gasteiger partial charge is 0.231 e. The molecular formula is C13H21N3O2S. The molecule has 0 spiro atoms. The first-order chi connectivity index (χ1) is 9.12. The van der Waals surface area contributed by atoms with Gasteiger partial charge in [0, 0.05) is 9.75 Å². The number of carbonyl (C=O) groups excluding carboxylic acids is 1. The summed E-state index contributed by atoms with van der Waals surface area (Å²) < 4.78 is 0. The summed E-state index contributed by atoms with van der Waals surface area (Å²) in [4.78, 5) is 14.4. The Hall–Kier alpha value is -1.56. The molecule has 0 saturated carbocycles. The summed E-state index contributed by atoms with van der Waals surface area (Å²) in [6, 6.07) is 4.08. The van der Waals surface area contributed by atoms with Gasteiger partial charge in [-0.3, -0.25) is 4.79 Å². The predicted molar refractivity (Wildman–Crippen MR) is 77.4 cm³/mol. The quantitative estimate of drug-likeness (QED) is 0.310. The lowest BCUT2D eigenvalue weighted by molar-refractivity contribution is -0.123. The highest BCUT2D eigenvalue weighted by Crippen LogP contribution is 2.17. The van der Waals surface area contributed by atoms with Crippen LogP contribution in [0.2, 0.25) is 0 Å². The molecule has 0 aromatic carbocycles. The molecule has 0 radical (unpaired) electrons. The van der Waals surface area contributed by atoms with Gasteiger partial charge in [0.15, 0.2) is 5.84 Å². The van der Waals surface area contributed by atoms with E-state index in [4.69, 9.17) is 10.9 Å². The fourth-order valence-electron chi connectivity index (χ4n) is 1.78. The maximum atomic E-state index is 12.0. The number of hydrogen-bond donors (Lipinski definition) is 3. The van der Waals surface area contributed by atoms with E-state index in [0.29, 0.717) is 13.0 Å². The van der Waals surface area contributed by atoms with Crippen molar-refractivity contribution in [2.45, 2.75) is 39.7 Å². The van der Waals surface area contributed by atoms with Crippen LogP contribution in [-0.4, -0.2) is 17.0 Å². The van der Waals surface area contributed by atoms with E-state index in [2.05, 4.69) is 23.5 Å². The number of rotatable bonds is 7. The van der Waals surface area contributed by atoms with Crippen molar-refractivity contribution < 1.29 is 10.0 Å². The number of thiophene rings is 1. The van der Waals surface area contributed by atoms with E-state index in [0.717, 1.165) is 17.7 Å². The van der Waals surface area contributed by atoms with Gasteiger partial charge in [-0.15, -0.1) is 11.3 Å². The number of nitrogens with one attached hydrogen (secondary N) is 1. The van der Waals surface area contributed by atoms with Crippen LogP contribution in [0.1, 0.15) is 36.4 Å². The van der Waals surface area contributed by atoms with Gasteiger partial charge < -0.3 is 16.3 Å². The van der Waals surface area contributed by atoms with Gasteiger partial charge in [-0.1, -0.05) is 25.4 Å². The maximum absolute atomic E-state index is 12.0. The van der Waals surface area contributed by atoms with Crippen LogP contribution in [0.15, 0.2) is 17.3 Å². The van der Waals surface area contributed by atoms with Crippen molar-refractivity contribution in [2.24, 2.45) is 16.8 Å². The lowest BCUT2D eigenvalue weighted by Crippen LogP contribution is -2.38. The van der Waals surface area contributed by atoms with Crippen LogP contribution in [0.5, 0.6) is 0 Å². The van der Waals surface area contributed by atoms with Crippen molar-refractivity contribution in [3.63, 3.8) is 0 Å². The zero-order valence-electron chi connectivity index (χ0n) is 11.3. The molecule has 106 valence electrons. The lowest BCUT2D eigenvalue weighted by Gasteiger charge is -2.14. The van der Waals surface area contributed by atoms with Crippen LogP contribution >= 0.6 is 11.3 Å². The third-order valence-electron chi connectivity index (χ3n) is 2.87. The van der Waals surface area contributed by atoms with Crippen LogP contribution in [0.4, 0.5) is 0 Å². The molecule has 0 aliphatic carbocycles. The number of oxime groups is 1. The number of amides is 1. The Kier molecular flexibility index (Phi) is 6.35. The molecule has 1 aromatic heterocycles.